The Morgan fingerprint density at radius 2 is 2.10 bits per heavy atom. The van der Waals surface area contributed by atoms with Crippen molar-refractivity contribution in [1.82, 2.24) is 0 Å². The molecule has 0 aromatic heterocycles. The van der Waals surface area contributed by atoms with E-state index in [1.165, 1.54) is 6.42 Å². The Labute approximate surface area is 60.7 Å². The van der Waals surface area contributed by atoms with E-state index in [1.807, 2.05) is 0 Å². The van der Waals surface area contributed by atoms with Crippen molar-refractivity contribution in [3.05, 3.63) is 12.2 Å². The molecule has 2 aliphatic rings. The van der Waals surface area contributed by atoms with Gasteiger partial charge in [0.05, 0.1) is 0 Å². The summed E-state index contributed by atoms with van der Waals surface area (Å²) in [6.45, 7) is 0.257. The fraction of sp³-hybridized carbons (Fsp3) is 0.750. The molecular formula is C8H13NO. The number of aliphatic hydroxyl groups excluding tert-OH is 1. The van der Waals surface area contributed by atoms with Crippen molar-refractivity contribution in [2.24, 2.45) is 23.5 Å². The van der Waals surface area contributed by atoms with Gasteiger partial charge in [-0.1, -0.05) is 12.2 Å². The molecule has 1 saturated carbocycles. The fourth-order valence-electron chi connectivity index (χ4n) is 2.22. The minimum absolute atomic E-state index is 0.222. The van der Waals surface area contributed by atoms with E-state index >= 15 is 0 Å². The largest absolute Gasteiger partial charge is 0.396 e. The molecule has 0 aromatic rings. The Bertz CT molecular complexity index is 167. The molecule has 1 fully saturated rings. The van der Waals surface area contributed by atoms with Crippen LogP contribution in [0.4, 0.5) is 0 Å². The van der Waals surface area contributed by atoms with Crippen LogP contribution in [0.15, 0.2) is 12.2 Å². The van der Waals surface area contributed by atoms with Gasteiger partial charge in [-0.25, -0.2) is 0 Å². The molecule has 10 heavy (non-hydrogen) atoms. The molecule has 0 aromatic carbocycles. The summed E-state index contributed by atoms with van der Waals surface area (Å²) in [6, 6.07) is 0.222. The van der Waals surface area contributed by atoms with Gasteiger partial charge in [0.1, 0.15) is 0 Å². The number of hydrogen-bond donors (Lipinski definition) is 2. The van der Waals surface area contributed by atoms with E-state index in [-0.39, 0.29) is 12.6 Å². The number of nitrogens with two attached hydrogens (primary N) is 1. The normalized spacial score (nSPS) is 50.6. The fourth-order valence-corrected chi connectivity index (χ4v) is 2.22. The summed E-state index contributed by atoms with van der Waals surface area (Å²) in [5.74, 6) is 1.47. The van der Waals surface area contributed by atoms with Crippen molar-refractivity contribution in [3.8, 4) is 0 Å². The SMILES string of the molecule is N[C@@H]1[C@H](CO)[C@H]2C=C[C@H]1C2. The van der Waals surface area contributed by atoms with Gasteiger partial charge in [0.25, 0.3) is 0 Å². The van der Waals surface area contributed by atoms with Crippen molar-refractivity contribution < 1.29 is 5.11 Å². The van der Waals surface area contributed by atoms with Gasteiger partial charge >= 0.3 is 0 Å². The van der Waals surface area contributed by atoms with E-state index in [0.717, 1.165) is 0 Å². The second-order valence-corrected chi connectivity index (χ2v) is 3.37. The zero-order valence-corrected chi connectivity index (χ0v) is 5.90. The van der Waals surface area contributed by atoms with Crippen LogP contribution in [0.25, 0.3) is 0 Å². The quantitative estimate of drug-likeness (QED) is 0.507. The summed E-state index contributed by atoms with van der Waals surface area (Å²) in [4.78, 5) is 0. The Morgan fingerprint density at radius 3 is 2.50 bits per heavy atom. The molecule has 2 heteroatoms. The van der Waals surface area contributed by atoms with Gasteiger partial charge < -0.3 is 10.8 Å². The van der Waals surface area contributed by atoms with Crippen molar-refractivity contribution in [1.29, 1.82) is 0 Å². The van der Waals surface area contributed by atoms with Crippen LogP contribution in [0.2, 0.25) is 0 Å². The summed E-state index contributed by atoms with van der Waals surface area (Å²) < 4.78 is 0. The molecule has 2 nitrogen and oxygen atoms in total. The molecule has 0 saturated heterocycles. The van der Waals surface area contributed by atoms with Crippen molar-refractivity contribution >= 4 is 0 Å². The minimum Gasteiger partial charge on any atom is -0.396 e. The number of rotatable bonds is 1. The summed E-state index contributed by atoms with van der Waals surface area (Å²) in [7, 11) is 0. The lowest BCUT2D eigenvalue weighted by Crippen LogP contribution is -2.35. The van der Waals surface area contributed by atoms with Crippen molar-refractivity contribution in [3.63, 3.8) is 0 Å². The maximum atomic E-state index is 8.94. The van der Waals surface area contributed by atoms with Gasteiger partial charge in [-0.05, 0) is 18.3 Å². The average molecular weight is 139 g/mol. The zero-order valence-electron chi connectivity index (χ0n) is 5.90. The Morgan fingerprint density at radius 1 is 1.40 bits per heavy atom. The van der Waals surface area contributed by atoms with E-state index in [2.05, 4.69) is 12.2 Å². The molecule has 2 rings (SSSR count). The second-order valence-electron chi connectivity index (χ2n) is 3.37. The van der Waals surface area contributed by atoms with Crippen LogP contribution < -0.4 is 5.73 Å². The molecule has 0 amide bonds. The van der Waals surface area contributed by atoms with E-state index in [4.69, 9.17) is 10.8 Å². The van der Waals surface area contributed by atoms with Crippen molar-refractivity contribution in [2.45, 2.75) is 12.5 Å². The van der Waals surface area contributed by atoms with Crippen LogP contribution in [0.3, 0.4) is 0 Å². The highest BCUT2D eigenvalue weighted by atomic mass is 16.3. The van der Waals surface area contributed by atoms with Crippen LogP contribution in [0.1, 0.15) is 6.42 Å². The third-order valence-electron chi connectivity index (χ3n) is 2.90. The molecule has 0 radical (unpaired) electrons. The molecule has 3 N–H and O–H groups in total. The molecular weight excluding hydrogens is 126 g/mol. The summed E-state index contributed by atoms with van der Waals surface area (Å²) in [5, 5.41) is 8.94. The van der Waals surface area contributed by atoms with Gasteiger partial charge in [-0.3, -0.25) is 0 Å². The third kappa shape index (κ3) is 0.662. The maximum Gasteiger partial charge on any atom is 0.0479 e. The lowest BCUT2D eigenvalue weighted by atomic mass is 9.90. The number of hydrogen-bond acceptors (Lipinski definition) is 2. The highest BCUT2D eigenvalue weighted by Gasteiger charge is 2.41. The predicted octanol–water partition coefficient (Wildman–Crippen LogP) is 0.128. The summed E-state index contributed by atoms with van der Waals surface area (Å²) in [6.07, 6.45) is 5.57. The maximum absolute atomic E-state index is 8.94. The number of aliphatic hydroxyl groups is 1. The van der Waals surface area contributed by atoms with Crippen LogP contribution >= 0.6 is 0 Å². The molecule has 2 aliphatic carbocycles. The van der Waals surface area contributed by atoms with E-state index in [1.54, 1.807) is 0 Å². The summed E-state index contributed by atoms with van der Waals surface area (Å²) in [5.41, 5.74) is 5.86. The molecule has 56 valence electrons. The molecule has 0 spiro atoms. The van der Waals surface area contributed by atoms with E-state index < -0.39 is 0 Å². The summed E-state index contributed by atoms with van der Waals surface area (Å²) >= 11 is 0. The molecule has 0 aliphatic heterocycles. The van der Waals surface area contributed by atoms with E-state index in [0.29, 0.717) is 17.8 Å². The highest BCUT2D eigenvalue weighted by Crippen LogP contribution is 2.42. The lowest BCUT2D eigenvalue weighted by Gasteiger charge is -2.21. The first kappa shape index (κ1) is 6.38. The van der Waals surface area contributed by atoms with Crippen LogP contribution in [-0.4, -0.2) is 17.8 Å². The van der Waals surface area contributed by atoms with Gasteiger partial charge in [0.2, 0.25) is 0 Å². The molecule has 0 heterocycles. The van der Waals surface area contributed by atoms with Gasteiger partial charge in [-0.2, -0.15) is 0 Å². The van der Waals surface area contributed by atoms with Crippen LogP contribution in [-0.2, 0) is 0 Å². The smallest absolute Gasteiger partial charge is 0.0479 e. The van der Waals surface area contributed by atoms with Gasteiger partial charge in [-0.15, -0.1) is 0 Å². The first-order valence-electron chi connectivity index (χ1n) is 3.87. The lowest BCUT2D eigenvalue weighted by molar-refractivity contribution is 0.193. The van der Waals surface area contributed by atoms with Crippen LogP contribution in [0.5, 0.6) is 0 Å². The predicted molar refractivity (Wildman–Crippen MR) is 39.3 cm³/mol. The Kier molecular flexibility index (Phi) is 1.32. The van der Waals surface area contributed by atoms with Crippen molar-refractivity contribution in [2.75, 3.05) is 6.61 Å². The first-order valence-corrected chi connectivity index (χ1v) is 3.87. The highest BCUT2D eigenvalue weighted by molar-refractivity contribution is 5.15. The standard InChI is InChI=1S/C8H13NO/c9-8-6-2-1-5(3-6)7(8)4-10/h1-2,5-8,10H,3-4,9H2/t5-,6-,7+,8-/m0/s1. The van der Waals surface area contributed by atoms with E-state index in [9.17, 15) is 0 Å². The second kappa shape index (κ2) is 2.07. The first-order chi connectivity index (χ1) is 4.83. The molecule has 4 atom stereocenters. The number of allylic oxidation sites excluding steroid dienone is 1. The Hall–Kier alpha value is -0.340. The van der Waals surface area contributed by atoms with Gasteiger partial charge in [0, 0.05) is 18.6 Å². The monoisotopic (exact) mass is 139 g/mol. The van der Waals surface area contributed by atoms with Crippen LogP contribution in [0, 0.1) is 17.8 Å². The third-order valence-corrected chi connectivity index (χ3v) is 2.90. The average Bonchev–Trinajstić information content (AvgIpc) is 2.46. The molecule has 0 unspecified atom stereocenters. The minimum atomic E-state index is 0.222. The zero-order chi connectivity index (χ0) is 7.14. The van der Waals surface area contributed by atoms with Gasteiger partial charge in [0.15, 0.2) is 0 Å². The number of fused-ring (bicyclic) bond motifs is 2. The molecule has 2 bridgehead atoms. The topological polar surface area (TPSA) is 46.2 Å². The Balaban J connectivity index is 2.18.